The van der Waals surface area contributed by atoms with E-state index in [1.807, 2.05) is 55.7 Å². The molecule has 1 saturated heterocycles. The molecule has 1 fully saturated rings. The summed E-state index contributed by atoms with van der Waals surface area (Å²) in [7, 11) is 0. The quantitative estimate of drug-likeness (QED) is 0.256. The van der Waals surface area contributed by atoms with Gasteiger partial charge in [-0.3, -0.25) is 24.6 Å². The van der Waals surface area contributed by atoms with E-state index in [-0.39, 0.29) is 30.0 Å². The number of rotatable bonds is 7. The normalized spacial score (nSPS) is 14.8. The van der Waals surface area contributed by atoms with Crippen LogP contribution in [0.4, 0.5) is 10.5 Å². The lowest BCUT2D eigenvalue weighted by atomic mass is 10.2. The maximum Gasteiger partial charge on any atom is 0.293 e. The predicted molar refractivity (Wildman–Crippen MR) is 131 cm³/mol. The van der Waals surface area contributed by atoms with Gasteiger partial charge in [-0.25, -0.2) is 0 Å². The molecule has 1 aromatic heterocycles. The minimum absolute atomic E-state index is 0.0199. The average molecular weight is 478 g/mol. The lowest BCUT2D eigenvalue weighted by molar-refractivity contribution is -0.384. The molecule has 1 aliphatic heterocycles. The summed E-state index contributed by atoms with van der Waals surface area (Å²) in [6.07, 6.45) is 1.72. The number of benzene rings is 2. The molecule has 8 nitrogen and oxygen atoms in total. The first-order valence-electron chi connectivity index (χ1n) is 10.6. The van der Waals surface area contributed by atoms with Crippen molar-refractivity contribution in [1.82, 2.24) is 9.47 Å². The van der Waals surface area contributed by atoms with Crippen LogP contribution in [0.15, 0.2) is 59.5 Å². The van der Waals surface area contributed by atoms with Gasteiger partial charge >= 0.3 is 0 Å². The molecular formula is C25H23N3O5S. The Hall–Kier alpha value is -3.85. The summed E-state index contributed by atoms with van der Waals surface area (Å²) in [6, 6.07) is 15.8. The number of non-ortho nitro benzene ring substituents is 1. The SMILES string of the molecule is Cc1ccc(OCCN2C(=O)S/C(=C\c3cc(C)n(-c4ccc([N+](=O)[O-])cc4)c3C)C2=O)cc1. The van der Waals surface area contributed by atoms with Gasteiger partial charge in [-0.15, -0.1) is 0 Å². The molecular weight excluding hydrogens is 454 g/mol. The first-order chi connectivity index (χ1) is 16.2. The number of aryl methyl sites for hydroxylation is 2. The third kappa shape index (κ3) is 4.74. The Labute approximate surface area is 201 Å². The third-order valence-corrected chi connectivity index (χ3v) is 6.46. The van der Waals surface area contributed by atoms with Crippen LogP contribution in [-0.4, -0.2) is 38.7 Å². The summed E-state index contributed by atoms with van der Waals surface area (Å²) in [5, 5.41) is 10.6. The fraction of sp³-hybridized carbons (Fsp3) is 0.200. The van der Waals surface area contributed by atoms with Crippen LogP contribution in [0.1, 0.15) is 22.5 Å². The average Bonchev–Trinajstić information content (AvgIpc) is 3.24. The minimum Gasteiger partial charge on any atom is -0.492 e. The summed E-state index contributed by atoms with van der Waals surface area (Å²) < 4.78 is 7.62. The fourth-order valence-corrected chi connectivity index (χ4v) is 4.63. The molecule has 4 rings (SSSR count). The van der Waals surface area contributed by atoms with Crippen molar-refractivity contribution in [1.29, 1.82) is 0 Å². The van der Waals surface area contributed by atoms with Crippen molar-refractivity contribution in [2.45, 2.75) is 20.8 Å². The molecule has 174 valence electrons. The number of nitro groups is 1. The molecule has 0 aliphatic carbocycles. The van der Waals surface area contributed by atoms with Crippen molar-refractivity contribution in [3.05, 3.63) is 92.1 Å². The summed E-state index contributed by atoms with van der Waals surface area (Å²) in [4.78, 5) is 37.4. The lowest BCUT2D eigenvalue weighted by Crippen LogP contribution is -2.32. The molecule has 0 saturated carbocycles. The highest BCUT2D eigenvalue weighted by Gasteiger charge is 2.35. The van der Waals surface area contributed by atoms with E-state index in [0.717, 1.165) is 40.0 Å². The Kier molecular flexibility index (Phi) is 6.56. The molecule has 2 amide bonds. The Morgan fingerprint density at radius 1 is 1.03 bits per heavy atom. The van der Waals surface area contributed by atoms with Gasteiger partial charge < -0.3 is 9.30 Å². The van der Waals surface area contributed by atoms with E-state index in [0.29, 0.717) is 10.7 Å². The summed E-state index contributed by atoms with van der Waals surface area (Å²) in [6.45, 7) is 6.18. The highest BCUT2D eigenvalue weighted by molar-refractivity contribution is 8.18. The molecule has 0 unspecified atom stereocenters. The molecule has 34 heavy (non-hydrogen) atoms. The third-order valence-electron chi connectivity index (χ3n) is 5.55. The number of aromatic nitrogens is 1. The van der Waals surface area contributed by atoms with Crippen molar-refractivity contribution in [2.24, 2.45) is 0 Å². The minimum atomic E-state index is -0.438. The number of carbonyl (C=O) groups excluding carboxylic acids is 2. The van der Waals surface area contributed by atoms with Gasteiger partial charge in [0.1, 0.15) is 12.4 Å². The van der Waals surface area contributed by atoms with E-state index in [4.69, 9.17) is 4.74 Å². The van der Waals surface area contributed by atoms with Crippen LogP contribution in [0.2, 0.25) is 0 Å². The number of hydrogen-bond acceptors (Lipinski definition) is 6. The van der Waals surface area contributed by atoms with E-state index in [1.165, 1.54) is 17.0 Å². The Bertz CT molecular complexity index is 1290. The van der Waals surface area contributed by atoms with E-state index in [2.05, 4.69) is 0 Å². The second-order valence-corrected chi connectivity index (χ2v) is 8.92. The summed E-state index contributed by atoms with van der Waals surface area (Å²) in [5.74, 6) is 0.342. The lowest BCUT2D eigenvalue weighted by Gasteiger charge is -2.13. The van der Waals surface area contributed by atoms with Crippen LogP contribution in [0.5, 0.6) is 5.75 Å². The zero-order valence-corrected chi connectivity index (χ0v) is 19.8. The number of ether oxygens (including phenoxy) is 1. The topological polar surface area (TPSA) is 94.7 Å². The highest BCUT2D eigenvalue weighted by atomic mass is 32.2. The number of thioether (sulfide) groups is 1. The van der Waals surface area contributed by atoms with Crippen LogP contribution in [0.25, 0.3) is 11.8 Å². The van der Waals surface area contributed by atoms with Crippen LogP contribution >= 0.6 is 11.8 Å². The van der Waals surface area contributed by atoms with Crippen LogP contribution in [-0.2, 0) is 4.79 Å². The zero-order chi connectivity index (χ0) is 24.4. The Morgan fingerprint density at radius 2 is 1.71 bits per heavy atom. The van der Waals surface area contributed by atoms with Crippen molar-refractivity contribution in [2.75, 3.05) is 13.2 Å². The van der Waals surface area contributed by atoms with Gasteiger partial charge in [0.25, 0.3) is 16.8 Å². The Morgan fingerprint density at radius 3 is 2.35 bits per heavy atom. The molecule has 2 heterocycles. The van der Waals surface area contributed by atoms with Gasteiger partial charge in [0.15, 0.2) is 0 Å². The second-order valence-electron chi connectivity index (χ2n) is 7.93. The van der Waals surface area contributed by atoms with E-state index in [9.17, 15) is 19.7 Å². The van der Waals surface area contributed by atoms with Crippen molar-refractivity contribution in [3.8, 4) is 11.4 Å². The summed E-state index contributed by atoms with van der Waals surface area (Å²) in [5.41, 5.74) is 4.49. The van der Waals surface area contributed by atoms with Gasteiger partial charge in [0.2, 0.25) is 0 Å². The highest BCUT2D eigenvalue weighted by Crippen LogP contribution is 2.33. The maximum absolute atomic E-state index is 12.9. The zero-order valence-electron chi connectivity index (χ0n) is 19.0. The molecule has 0 bridgehead atoms. The van der Waals surface area contributed by atoms with E-state index >= 15 is 0 Å². The number of amides is 2. The molecule has 3 aromatic rings. The van der Waals surface area contributed by atoms with E-state index < -0.39 is 4.92 Å². The van der Waals surface area contributed by atoms with Crippen LogP contribution < -0.4 is 4.74 Å². The monoisotopic (exact) mass is 477 g/mol. The molecule has 0 atom stereocenters. The number of hydrogen-bond donors (Lipinski definition) is 0. The molecule has 1 aliphatic rings. The van der Waals surface area contributed by atoms with Crippen molar-refractivity contribution in [3.63, 3.8) is 0 Å². The number of nitrogens with zero attached hydrogens (tertiary/aromatic N) is 3. The van der Waals surface area contributed by atoms with E-state index in [1.54, 1.807) is 18.2 Å². The second kappa shape index (κ2) is 9.56. The van der Waals surface area contributed by atoms with Crippen molar-refractivity contribution >= 4 is 34.7 Å². The number of carbonyl (C=O) groups is 2. The molecule has 0 N–H and O–H groups in total. The van der Waals surface area contributed by atoms with Gasteiger partial charge in [-0.1, -0.05) is 17.7 Å². The number of nitro benzene ring substituents is 1. The van der Waals surface area contributed by atoms with Gasteiger partial charge in [0.05, 0.1) is 16.4 Å². The molecule has 0 radical (unpaired) electrons. The fourth-order valence-electron chi connectivity index (χ4n) is 3.78. The smallest absolute Gasteiger partial charge is 0.293 e. The van der Waals surface area contributed by atoms with Crippen LogP contribution in [0, 0.1) is 30.9 Å². The number of imide groups is 1. The maximum atomic E-state index is 12.9. The first kappa shape index (κ1) is 23.3. The van der Waals surface area contributed by atoms with Gasteiger partial charge in [-0.2, -0.15) is 0 Å². The van der Waals surface area contributed by atoms with Crippen LogP contribution in [0.3, 0.4) is 0 Å². The largest absolute Gasteiger partial charge is 0.492 e. The van der Waals surface area contributed by atoms with Crippen molar-refractivity contribution < 1.29 is 19.2 Å². The van der Waals surface area contributed by atoms with Gasteiger partial charge in [0, 0.05) is 29.2 Å². The Balaban J connectivity index is 1.49. The summed E-state index contributed by atoms with van der Waals surface area (Å²) >= 11 is 0.908. The standard InChI is InChI=1S/C25H23N3O5S/c1-16-4-10-22(11-5-16)33-13-12-26-24(29)23(34-25(26)30)15-19-14-17(2)27(18(19)3)20-6-8-21(9-7-20)28(31)32/h4-11,14-15H,12-13H2,1-3H3/b23-15-. The molecule has 9 heteroatoms. The predicted octanol–water partition coefficient (Wildman–Crippen LogP) is 5.43. The van der Waals surface area contributed by atoms with Gasteiger partial charge in [-0.05, 0) is 74.5 Å². The molecule has 2 aromatic carbocycles. The molecule has 0 spiro atoms. The first-order valence-corrected chi connectivity index (χ1v) is 11.4.